The van der Waals surface area contributed by atoms with Crippen molar-refractivity contribution in [2.45, 2.75) is 0 Å². The molecule has 1 fully saturated rings. The summed E-state index contributed by atoms with van der Waals surface area (Å²) in [5.74, 6) is 0.227. The summed E-state index contributed by atoms with van der Waals surface area (Å²) in [7, 11) is 0. The van der Waals surface area contributed by atoms with Crippen LogP contribution in [-0.2, 0) is 4.79 Å². The van der Waals surface area contributed by atoms with Crippen molar-refractivity contribution in [3.8, 4) is 11.3 Å². The van der Waals surface area contributed by atoms with Gasteiger partial charge in [-0.3, -0.25) is 9.59 Å². The molecule has 2 heterocycles. The van der Waals surface area contributed by atoms with Crippen molar-refractivity contribution in [1.82, 2.24) is 5.32 Å². The second-order valence-corrected chi connectivity index (χ2v) is 7.48. The number of hydrogen-bond acceptors (Lipinski definition) is 5. The molecular weight excluding hydrogens is 410 g/mol. The normalized spacial score (nSPS) is 16.4. The number of rotatable bonds is 4. The number of benzene rings is 2. The van der Waals surface area contributed by atoms with Crippen molar-refractivity contribution < 1.29 is 14.0 Å². The first-order valence-corrected chi connectivity index (χ1v) is 9.74. The summed E-state index contributed by atoms with van der Waals surface area (Å²) < 4.78 is 5.81. The lowest BCUT2D eigenvalue weighted by Gasteiger charge is -2.01. The van der Waals surface area contributed by atoms with Gasteiger partial charge in [-0.05, 0) is 48.2 Å². The molecule has 3 aromatic rings. The van der Waals surface area contributed by atoms with E-state index in [0.717, 1.165) is 17.3 Å². The van der Waals surface area contributed by atoms with Crippen LogP contribution in [0.15, 0.2) is 75.0 Å². The predicted molar refractivity (Wildman–Crippen MR) is 115 cm³/mol. The number of para-hydroxylation sites is 1. The Kier molecular flexibility index (Phi) is 5.24. The van der Waals surface area contributed by atoms with E-state index in [1.807, 2.05) is 18.2 Å². The number of amidine groups is 1. The second kappa shape index (κ2) is 7.98. The second-order valence-electron chi connectivity index (χ2n) is 6.04. The van der Waals surface area contributed by atoms with Gasteiger partial charge in [-0.1, -0.05) is 35.9 Å². The molecule has 1 aromatic heterocycles. The van der Waals surface area contributed by atoms with E-state index in [1.54, 1.807) is 48.5 Å². The van der Waals surface area contributed by atoms with Crippen LogP contribution in [0.25, 0.3) is 17.4 Å². The molecule has 0 aliphatic carbocycles. The molecular formula is C21H14ClN3O3S. The lowest BCUT2D eigenvalue weighted by Crippen LogP contribution is -2.19. The molecule has 144 valence electrons. The van der Waals surface area contributed by atoms with Crippen molar-refractivity contribution in [2.75, 3.05) is 0 Å². The summed E-state index contributed by atoms with van der Waals surface area (Å²) in [5.41, 5.74) is 6.81. The smallest absolute Gasteiger partial charge is 0.264 e. The third-order valence-electron chi connectivity index (χ3n) is 4.08. The number of carbonyl (C=O) groups excluding carboxylic acids is 2. The highest BCUT2D eigenvalue weighted by atomic mass is 35.5. The molecule has 0 spiro atoms. The molecule has 8 heteroatoms. The number of nitrogens with one attached hydrogen (secondary N) is 1. The van der Waals surface area contributed by atoms with Gasteiger partial charge in [-0.2, -0.15) is 0 Å². The average molecular weight is 424 g/mol. The highest BCUT2D eigenvalue weighted by Crippen LogP contribution is 2.32. The van der Waals surface area contributed by atoms with Gasteiger partial charge < -0.3 is 15.5 Å². The van der Waals surface area contributed by atoms with Gasteiger partial charge in [0.2, 0.25) is 0 Å². The molecule has 0 saturated carbocycles. The number of amides is 2. The number of nitrogens with zero attached hydrogens (tertiary/aromatic N) is 1. The Labute approximate surface area is 175 Å². The van der Waals surface area contributed by atoms with Gasteiger partial charge in [0.1, 0.15) is 11.5 Å². The summed E-state index contributed by atoms with van der Waals surface area (Å²) in [6, 6.07) is 17.6. The Morgan fingerprint density at radius 2 is 1.86 bits per heavy atom. The first-order valence-electron chi connectivity index (χ1n) is 8.54. The third kappa shape index (κ3) is 4.11. The van der Waals surface area contributed by atoms with Gasteiger partial charge >= 0.3 is 0 Å². The molecule has 29 heavy (non-hydrogen) atoms. The van der Waals surface area contributed by atoms with Crippen molar-refractivity contribution in [1.29, 1.82) is 0 Å². The molecule has 1 aliphatic rings. The van der Waals surface area contributed by atoms with Gasteiger partial charge in [0, 0.05) is 11.6 Å². The van der Waals surface area contributed by atoms with Crippen LogP contribution in [0.4, 0.5) is 5.69 Å². The molecule has 0 unspecified atom stereocenters. The van der Waals surface area contributed by atoms with E-state index in [1.165, 1.54) is 0 Å². The fourth-order valence-corrected chi connectivity index (χ4v) is 3.78. The summed E-state index contributed by atoms with van der Waals surface area (Å²) in [4.78, 5) is 28.6. The minimum atomic E-state index is -0.585. The van der Waals surface area contributed by atoms with Gasteiger partial charge in [-0.15, -0.1) is 0 Å². The minimum Gasteiger partial charge on any atom is -0.457 e. The number of nitrogens with two attached hydrogens (primary N) is 1. The van der Waals surface area contributed by atoms with Crippen molar-refractivity contribution in [3.05, 3.63) is 81.9 Å². The van der Waals surface area contributed by atoms with Crippen LogP contribution in [0.1, 0.15) is 16.1 Å². The van der Waals surface area contributed by atoms with Crippen LogP contribution < -0.4 is 11.1 Å². The van der Waals surface area contributed by atoms with Crippen molar-refractivity contribution in [2.24, 2.45) is 10.7 Å². The number of aliphatic imine (C=N–C) groups is 1. The first-order chi connectivity index (χ1) is 14.0. The van der Waals surface area contributed by atoms with E-state index in [-0.39, 0.29) is 11.5 Å². The molecule has 0 bridgehead atoms. The zero-order valence-electron chi connectivity index (χ0n) is 14.9. The van der Waals surface area contributed by atoms with Gasteiger partial charge in [-0.25, -0.2) is 4.99 Å². The van der Waals surface area contributed by atoms with E-state index in [9.17, 15) is 9.59 Å². The Balaban J connectivity index is 1.59. The molecule has 1 saturated heterocycles. The Morgan fingerprint density at radius 3 is 2.66 bits per heavy atom. The predicted octanol–water partition coefficient (Wildman–Crippen LogP) is 4.59. The SMILES string of the molecule is NC(=O)c1ccccc1N=C1NC(=O)/C(=C\c2ccc(-c3ccccc3Cl)o2)S1. The summed E-state index contributed by atoms with van der Waals surface area (Å²) >= 11 is 7.35. The number of thioether (sulfide) groups is 1. The largest absolute Gasteiger partial charge is 0.457 e. The summed E-state index contributed by atoms with van der Waals surface area (Å²) in [6.45, 7) is 0. The molecule has 0 atom stereocenters. The minimum absolute atomic E-state index is 0.280. The number of carbonyl (C=O) groups is 2. The van der Waals surface area contributed by atoms with Crippen LogP contribution in [0.5, 0.6) is 0 Å². The number of hydrogen-bond donors (Lipinski definition) is 2. The standard InChI is InChI=1S/C21H14ClN3O3S/c22-15-7-3-1-5-13(15)17-10-9-12(28-17)11-18-20(27)25-21(29-18)24-16-8-4-2-6-14(16)19(23)26/h1-11H,(H2,23,26)(H,24,25,27)/b18-11+. The van der Waals surface area contributed by atoms with Gasteiger partial charge in [0.15, 0.2) is 5.17 Å². The molecule has 2 amide bonds. The molecule has 0 radical (unpaired) electrons. The first kappa shape index (κ1) is 19.0. The van der Waals surface area contributed by atoms with Gasteiger partial charge in [0.25, 0.3) is 11.8 Å². The molecule has 3 N–H and O–H groups in total. The zero-order valence-corrected chi connectivity index (χ0v) is 16.5. The zero-order chi connectivity index (χ0) is 20.4. The quantitative estimate of drug-likeness (QED) is 0.599. The van der Waals surface area contributed by atoms with Gasteiger partial charge in [0.05, 0.1) is 21.2 Å². The van der Waals surface area contributed by atoms with E-state index < -0.39 is 5.91 Å². The van der Waals surface area contributed by atoms with Crippen LogP contribution in [0.2, 0.25) is 5.02 Å². The highest BCUT2D eigenvalue weighted by molar-refractivity contribution is 8.18. The number of primary amides is 1. The van der Waals surface area contributed by atoms with E-state index in [2.05, 4.69) is 10.3 Å². The fraction of sp³-hybridized carbons (Fsp3) is 0. The highest BCUT2D eigenvalue weighted by Gasteiger charge is 2.25. The summed E-state index contributed by atoms with van der Waals surface area (Å²) in [5, 5.41) is 3.61. The molecule has 4 rings (SSSR count). The van der Waals surface area contributed by atoms with E-state index in [4.69, 9.17) is 21.8 Å². The van der Waals surface area contributed by atoms with Crippen molar-refractivity contribution in [3.63, 3.8) is 0 Å². The topological polar surface area (TPSA) is 97.7 Å². The Morgan fingerprint density at radius 1 is 1.10 bits per heavy atom. The Bertz CT molecular complexity index is 1180. The molecule has 6 nitrogen and oxygen atoms in total. The Hall–Kier alpha value is -3.29. The molecule has 1 aliphatic heterocycles. The maximum Gasteiger partial charge on any atom is 0.264 e. The lowest BCUT2D eigenvalue weighted by atomic mass is 10.2. The fourth-order valence-electron chi connectivity index (χ4n) is 2.73. The average Bonchev–Trinajstić information content (AvgIpc) is 3.29. The van der Waals surface area contributed by atoms with Crippen LogP contribution in [0.3, 0.4) is 0 Å². The van der Waals surface area contributed by atoms with Crippen LogP contribution in [0, 0.1) is 0 Å². The van der Waals surface area contributed by atoms with Crippen molar-refractivity contribution >= 4 is 52.1 Å². The lowest BCUT2D eigenvalue weighted by molar-refractivity contribution is -0.115. The maximum absolute atomic E-state index is 12.3. The number of halogens is 1. The molecule has 2 aromatic carbocycles. The van der Waals surface area contributed by atoms with E-state index in [0.29, 0.717) is 32.3 Å². The number of furan rings is 1. The van der Waals surface area contributed by atoms with E-state index >= 15 is 0 Å². The third-order valence-corrected chi connectivity index (χ3v) is 5.32. The van der Waals surface area contributed by atoms with Crippen LogP contribution in [-0.4, -0.2) is 17.0 Å². The van der Waals surface area contributed by atoms with Crippen LogP contribution >= 0.6 is 23.4 Å². The summed E-state index contributed by atoms with van der Waals surface area (Å²) in [6.07, 6.45) is 1.63. The monoisotopic (exact) mass is 423 g/mol. The maximum atomic E-state index is 12.3.